The Kier molecular flexibility index (Phi) is 2.95. The van der Waals surface area contributed by atoms with Crippen molar-refractivity contribution >= 4 is 17.6 Å². The molecule has 0 radical (unpaired) electrons. The first-order chi connectivity index (χ1) is 8.79. The van der Waals surface area contributed by atoms with Gasteiger partial charge >= 0.3 is 0 Å². The number of nitrogens with two attached hydrogens (primary N) is 1. The number of imidazole rings is 1. The maximum absolute atomic E-state index is 6.01. The van der Waals surface area contributed by atoms with Gasteiger partial charge in [-0.2, -0.15) is 11.8 Å². The van der Waals surface area contributed by atoms with Crippen LogP contribution in [0.25, 0.3) is 11.5 Å². The number of fused-ring (bicyclic) bond motifs is 1. The van der Waals surface area contributed by atoms with Gasteiger partial charge in [0.05, 0.1) is 18.2 Å². The summed E-state index contributed by atoms with van der Waals surface area (Å²) in [6, 6.07) is 0. The first-order valence-corrected chi connectivity index (χ1v) is 7.18. The van der Waals surface area contributed by atoms with Crippen LogP contribution in [0.15, 0.2) is 12.5 Å². The van der Waals surface area contributed by atoms with Crippen molar-refractivity contribution in [3.8, 4) is 11.5 Å². The van der Waals surface area contributed by atoms with Crippen LogP contribution in [-0.4, -0.2) is 19.5 Å². The molecule has 1 aliphatic heterocycles. The van der Waals surface area contributed by atoms with E-state index in [0.717, 1.165) is 41.4 Å². The van der Waals surface area contributed by atoms with E-state index in [-0.39, 0.29) is 0 Å². The molecular weight excluding hydrogens is 246 g/mol. The van der Waals surface area contributed by atoms with Crippen LogP contribution in [0.1, 0.15) is 24.6 Å². The van der Waals surface area contributed by atoms with E-state index >= 15 is 0 Å². The van der Waals surface area contributed by atoms with Gasteiger partial charge in [-0.15, -0.1) is 0 Å². The van der Waals surface area contributed by atoms with E-state index in [1.165, 1.54) is 0 Å². The van der Waals surface area contributed by atoms with Crippen molar-refractivity contribution in [3.63, 3.8) is 0 Å². The van der Waals surface area contributed by atoms with Crippen molar-refractivity contribution in [3.05, 3.63) is 23.8 Å². The summed E-state index contributed by atoms with van der Waals surface area (Å²) in [7, 11) is 0. The fourth-order valence-corrected chi connectivity index (χ4v) is 3.17. The van der Waals surface area contributed by atoms with E-state index in [4.69, 9.17) is 5.73 Å². The summed E-state index contributed by atoms with van der Waals surface area (Å²) < 4.78 is 2.07. The fraction of sp³-hybridized carbons (Fsp3) is 0.417. The molecule has 5 nitrogen and oxygen atoms in total. The Morgan fingerprint density at radius 2 is 2.28 bits per heavy atom. The molecule has 0 atom stereocenters. The molecule has 0 fully saturated rings. The lowest BCUT2D eigenvalue weighted by Crippen LogP contribution is -2.06. The second-order valence-corrected chi connectivity index (χ2v) is 5.31. The average Bonchev–Trinajstić information content (AvgIpc) is 2.97. The summed E-state index contributed by atoms with van der Waals surface area (Å²) >= 11 is 1.83. The molecule has 0 amide bonds. The SMILES string of the molecule is CCCn1cncc1-c1nc(N)c2c(n1)CSC2. The Balaban J connectivity index is 2.06. The van der Waals surface area contributed by atoms with Crippen LogP contribution in [-0.2, 0) is 18.1 Å². The third-order valence-corrected chi connectivity index (χ3v) is 3.99. The Hall–Kier alpha value is -1.56. The Labute approximate surface area is 110 Å². The predicted octanol–water partition coefficient (Wildman–Crippen LogP) is 2.08. The van der Waals surface area contributed by atoms with Crippen LogP contribution in [0.5, 0.6) is 0 Å². The van der Waals surface area contributed by atoms with Crippen molar-refractivity contribution < 1.29 is 0 Å². The van der Waals surface area contributed by atoms with E-state index in [1.54, 1.807) is 6.20 Å². The summed E-state index contributed by atoms with van der Waals surface area (Å²) in [4.78, 5) is 13.2. The van der Waals surface area contributed by atoms with Crippen LogP contribution in [0.2, 0.25) is 0 Å². The molecule has 0 aliphatic carbocycles. The predicted molar refractivity (Wildman–Crippen MR) is 73.0 cm³/mol. The number of aromatic nitrogens is 4. The number of thioether (sulfide) groups is 1. The van der Waals surface area contributed by atoms with E-state index in [0.29, 0.717) is 11.6 Å². The normalized spacial score (nSPS) is 13.8. The number of hydrogen-bond acceptors (Lipinski definition) is 5. The molecule has 3 heterocycles. The molecule has 2 N–H and O–H groups in total. The van der Waals surface area contributed by atoms with Crippen molar-refractivity contribution in [2.75, 3.05) is 5.73 Å². The van der Waals surface area contributed by atoms with Gasteiger partial charge in [0.2, 0.25) is 0 Å². The van der Waals surface area contributed by atoms with E-state index < -0.39 is 0 Å². The fourth-order valence-electron chi connectivity index (χ4n) is 2.12. The zero-order chi connectivity index (χ0) is 12.5. The summed E-state index contributed by atoms with van der Waals surface area (Å²) in [5.74, 6) is 3.16. The van der Waals surface area contributed by atoms with Gasteiger partial charge in [0.25, 0.3) is 0 Å². The number of nitrogen functional groups attached to an aromatic ring is 1. The topological polar surface area (TPSA) is 69.6 Å². The minimum Gasteiger partial charge on any atom is -0.383 e. The van der Waals surface area contributed by atoms with Crippen molar-refractivity contribution in [1.29, 1.82) is 0 Å². The minimum absolute atomic E-state index is 0.615. The molecule has 0 aromatic carbocycles. The molecule has 0 bridgehead atoms. The first-order valence-electron chi connectivity index (χ1n) is 6.03. The van der Waals surface area contributed by atoms with Crippen LogP contribution in [0.3, 0.4) is 0 Å². The summed E-state index contributed by atoms with van der Waals surface area (Å²) in [5.41, 5.74) is 9.13. The first kappa shape index (κ1) is 11.5. The smallest absolute Gasteiger partial charge is 0.180 e. The maximum atomic E-state index is 6.01. The molecule has 2 aromatic rings. The molecule has 0 saturated carbocycles. The number of rotatable bonds is 3. The van der Waals surface area contributed by atoms with Crippen molar-refractivity contribution in [1.82, 2.24) is 19.5 Å². The van der Waals surface area contributed by atoms with Gasteiger partial charge in [0.15, 0.2) is 5.82 Å². The second-order valence-electron chi connectivity index (χ2n) is 4.32. The number of hydrogen-bond donors (Lipinski definition) is 1. The molecule has 2 aromatic heterocycles. The molecule has 6 heteroatoms. The molecule has 3 rings (SSSR count). The van der Waals surface area contributed by atoms with Crippen molar-refractivity contribution in [2.45, 2.75) is 31.4 Å². The molecule has 18 heavy (non-hydrogen) atoms. The largest absolute Gasteiger partial charge is 0.383 e. The molecule has 94 valence electrons. The van der Waals surface area contributed by atoms with Crippen LogP contribution >= 0.6 is 11.8 Å². The van der Waals surface area contributed by atoms with Crippen molar-refractivity contribution in [2.24, 2.45) is 0 Å². The molecule has 0 saturated heterocycles. The highest BCUT2D eigenvalue weighted by molar-refractivity contribution is 7.98. The van der Waals surface area contributed by atoms with E-state index in [9.17, 15) is 0 Å². The highest BCUT2D eigenvalue weighted by atomic mass is 32.2. The maximum Gasteiger partial charge on any atom is 0.180 e. The monoisotopic (exact) mass is 261 g/mol. The van der Waals surface area contributed by atoms with Crippen LogP contribution in [0, 0.1) is 0 Å². The lowest BCUT2D eigenvalue weighted by atomic mass is 10.2. The minimum atomic E-state index is 0.615. The molecule has 1 aliphatic rings. The van der Waals surface area contributed by atoms with Crippen LogP contribution < -0.4 is 5.73 Å². The van der Waals surface area contributed by atoms with Gasteiger partial charge in [0.1, 0.15) is 11.5 Å². The number of nitrogens with zero attached hydrogens (tertiary/aromatic N) is 4. The van der Waals surface area contributed by atoms with Gasteiger partial charge in [-0.05, 0) is 6.42 Å². The van der Waals surface area contributed by atoms with Gasteiger partial charge in [-0.3, -0.25) is 0 Å². The summed E-state index contributed by atoms with van der Waals surface area (Å²) in [5, 5.41) is 0. The third-order valence-electron chi connectivity index (χ3n) is 3.02. The molecule has 0 spiro atoms. The zero-order valence-corrected chi connectivity index (χ0v) is 11.1. The van der Waals surface area contributed by atoms with Gasteiger partial charge < -0.3 is 10.3 Å². The van der Waals surface area contributed by atoms with E-state index in [1.807, 2.05) is 18.1 Å². The summed E-state index contributed by atoms with van der Waals surface area (Å²) in [6.07, 6.45) is 4.68. The Morgan fingerprint density at radius 1 is 1.39 bits per heavy atom. The summed E-state index contributed by atoms with van der Waals surface area (Å²) in [6.45, 7) is 3.06. The van der Waals surface area contributed by atoms with E-state index in [2.05, 4.69) is 26.4 Å². The third kappa shape index (κ3) is 1.86. The second kappa shape index (κ2) is 4.61. The Morgan fingerprint density at radius 3 is 3.11 bits per heavy atom. The highest BCUT2D eigenvalue weighted by Crippen LogP contribution is 2.32. The van der Waals surface area contributed by atoms with Gasteiger partial charge in [0, 0.05) is 23.6 Å². The lowest BCUT2D eigenvalue weighted by molar-refractivity contribution is 0.681. The molecular formula is C12H15N5S. The average molecular weight is 261 g/mol. The lowest BCUT2D eigenvalue weighted by Gasteiger charge is -2.08. The number of anilines is 1. The van der Waals surface area contributed by atoms with Gasteiger partial charge in [-0.25, -0.2) is 15.0 Å². The van der Waals surface area contributed by atoms with Gasteiger partial charge in [-0.1, -0.05) is 6.92 Å². The highest BCUT2D eigenvalue weighted by Gasteiger charge is 2.19. The quantitative estimate of drug-likeness (QED) is 0.916. The van der Waals surface area contributed by atoms with Crippen LogP contribution in [0.4, 0.5) is 5.82 Å². The number of aryl methyl sites for hydroxylation is 1. The Bertz CT molecular complexity index is 578. The zero-order valence-electron chi connectivity index (χ0n) is 10.3. The standard InChI is InChI=1S/C12H15N5S/c1-2-3-17-7-14-4-10(17)12-15-9-6-18-5-8(9)11(13)16-12/h4,7H,2-3,5-6H2,1H3,(H2,13,15,16). The molecule has 0 unspecified atom stereocenters.